The van der Waals surface area contributed by atoms with Crippen LogP contribution in [0.15, 0.2) is 6.20 Å². The minimum absolute atomic E-state index is 0.0475. The van der Waals surface area contributed by atoms with Crippen molar-refractivity contribution < 1.29 is 9.59 Å². The van der Waals surface area contributed by atoms with Gasteiger partial charge in [-0.2, -0.15) is 0 Å². The zero-order chi connectivity index (χ0) is 19.6. The van der Waals surface area contributed by atoms with Crippen LogP contribution in [-0.2, 0) is 4.79 Å². The van der Waals surface area contributed by atoms with Gasteiger partial charge in [0.2, 0.25) is 5.91 Å². The quantitative estimate of drug-likeness (QED) is 0.766. The molecule has 2 aliphatic rings. The van der Waals surface area contributed by atoms with Crippen molar-refractivity contribution in [3.05, 3.63) is 11.9 Å². The number of carbonyl (C=O) groups excluding carboxylic acids is 2. The molecule has 7 heteroatoms. The van der Waals surface area contributed by atoms with Gasteiger partial charge < -0.3 is 9.80 Å². The van der Waals surface area contributed by atoms with Gasteiger partial charge in [0.15, 0.2) is 5.69 Å². The molecular formula is C20H33N5O2. The van der Waals surface area contributed by atoms with Gasteiger partial charge in [-0.15, -0.1) is 5.10 Å². The van der Waals surface area contributed by atoms with Crippen LogP contribution in [0, 0.1) is 11.3 Å². The molecule has 0 radical (unpaired) electrons. The average molecular weight is 376 g/mol. The Kier molecular flexibility index (Phi) is 5.86. The molecule has 2 amide bonds. The van der Waals surface area contributed by atoms with Crippen molar-refractivity contribution >= 4 is 11.8 Å². The molecule has 1 aliphatic heterocycles. The van der Waals surface area contributed by atoms with Crippen molar-refractivity contribution in [1.82, 2.24) is 24.8 Å². The lowest BCUT2D eigenvalue weighted by atomic mass is 9.59. The van der Waals surface area contributed by atoms with Gasteiger partial charge >= 0.3 is 0 Å². The first kappa shape index (κ1) is 19.8. The first-order valence-electron chi connectivity index (χ1n) is 10.4. The van der Waals surface area contributed by atoms with Crippen molar-refractivity contribution in [3.8, 4) is 0 Å². The molecule has 0 aromatic carbocycles. The SMILES string of the molecule is CCN(CC)C(=O)c1cn(C2CCC23CCN(C(=O)CC(C)C)CC3)nn1. The lowest BCUT2D eigenvalue weighted by Crippen LogP contribution is -2.51. The summed E-state index contributed by atoms with van der Waals surface area (Å²) in [4.78, 5) is 28.6. The van der Waals surface area contributed by atoms with Crippen molar-refractivity contribution in [2.75, 3.05) is 26.2 Å². The van der Waals surface area contributed by atoms with Crippen LogP contribution >= 0.6 is 0 Å². The zero-order valence-electron chi connectivity index (χ0n) is 17.1. The molecule has 7 nitrogen and oxygen atoms in total. The molecule has 1 saturated carbocycles. The third-order valence-electron chi connectivity index (χ3n) is 6.42. The van der Waals surface area contributed by atoms with Gasteiger partial charge in [-0.1, -0.05) is 19.1 Å². The van der Waals surface area contributed by atoms with E-state index in [0.29, 0.717) is 37.2 Å². The summed E-state index contributed by atoms with van der Waals surface area (Å²) in [5.74, 6) is 0.638. The third-order valence-corrected chi connectivity index (χ3v) is 6.42. The summed E-state index contributed by atoms with van der Waals surface area (Å²) in [6.45, 7) is 11.2. The molecule has 3 rings (SSSR count). The Balaban J connectivity index is 1.63. The predicted octanol–water partition coefficient (Wildman–Crippen LogP) is 2.75. The van der Waals surface area contributed by atoms with E-state index < -0.39 is 0 Å². The maximum atomic E-state index is 12.5. The first-order chi connectivity index (χ1) is 12.9. The Morgan fingerprint density at radius 1 is 1.22 bits per heavy atom. The second kappa shape index (κ2) is 7.98. The largest absolute Gasteiger partial charge is 0.343 e. The number of hydrogen-bond acceptors (Lipinski definition) is 4. The molecule has 1 atom stereocenters. The fourth-order valence-electron chi connectivity index (χ4n) is 4.56. The second-order valence-corrected chi connectivity index (χ2v) is 8.46. The number of rotatable bonds is 6. The maximum absolute atomic E-state index is 12.5. The highest BCUT2D eigenvalue weighted by Crippen LogP contribution is 2.56. The Hall–Kier alpha value is -1.92. The first-order valence-corrected chi connectivity index (χ1v) is 10.4. The Labute approximate surface area is 162 Å². The monoisotopic (exact) mass is 375 g/mol. The summed E-state index contributed by atoms with van der Waals surface area (Å²) in [5, 5.41) is 8.44. The highest BCUT2D eigenvalue weighted by molar-refractivity contribution is 5.91. The van der Waals surface area contributed by atoms with Crippen LogP contribution < -0.4 is 0 Å². The van der Waals surface area contributed by atoms with Crippen LogP contribution in [0.1, 0.15) is 76.3 Å². The van der Waals surface area contributed by atoms with Gasteiger partial charge in [-0.3, -0.25) is 9.59 Å². The summed E-state index contributed by atoms with van der Waals surface area (Å²) in [7, 11) is 0. The molecule has 2 heterocycles. The lowest BCUT2D eigenvalue weighted by Gasteiger charge is -2.53. The highest BCUT2D eigenvalue weighted by Gasteiger charge is 2.50. The topological polar surface area (TPSA) is 71.3 Å². The minimum Gasteiger partial charge on any atom is -0.343 e. The van der Waals surface area contributed by atoms with Gasteiger partial charge in [-0.05, 0) is 50.9 Å². The van der Waals surface area contributed by atoms with Gasteiger partial charge in [0.05, 0.1) is 12.2 Å². The molecule has 1 aromatic rings. The van der Waals surface area contributed by atoms with E-state index >= 15 is 0 Å². The summed E-state index contributed by atoms with van der Waals surface area (Å²) >= 11 is 0. The maximum Gasteiger partial charge on any atom is 0.276 e. The van der Waals surface area contributed by atoms with Gasteiger partial charge in [0, 0.05) is 32.6 Å². The van der Waals surface area contributed by atoms with E-state index in [4.69, 9.17) is 0 Å². The zero-order valence-corrected chi connectivity index (χ0v) is 17.1. The molecule has 2 fully saturated rings. The third kappa shape index (κ3) is 3.87. The minimum atomic E-state index is -0.0475. The molecule has 1 saturated heterocycles. The van der Waals surface area contributed by atoms with Gasteiger partial charge in [-0.25, -0.2) is 4.68 Å². The summed E-state index contributed by atoms with van der Waals surface area (Å²) in [5.41, 5.74) is 0.642. The van der Waals surface area contributed by atoms with Crippen LogP contribution in [0.25, 0.3) is 0 Å². The fraction of sp³-hybridized carbons (Fsp3) is 0.800. The van der Waals surface area contributed by atoms with Crippen LogP contribution in [0.2, 0.25) is 0 Å². The predicted molar refractivity (Wildman–Crippen MR) is 103 cm³/mol. The molecule has 150 valence electrons. The van der Waals surface area contributed by atoms with Crippen molar-refractivity contribution in [3.63, 3.8) is 0 Å². The van der Waals surface area contributed by atoms with Crippen LogP contribution in [0.3, 0.4) is 0 Å². The number of amides is 2. The van der Waals surface area contributed by atoms with E-state index in [1.54, 1.807) is 4.90 Å². The molecule has 0 bridgehead atoms. The number of hydrogen-bond donors (Lipinski definition) is 0. The number of aromatic nitrogens is 3. The van der Waals surface area contributed by atoms with Gasteiger partial charge in [0.25, 0.3) is 5.91 Å². The van der Waals surface area contributed by atoms with Crippen molar-refractivity contribution in [2.24, 2.45) is 11.3 Å². The van der Waals surface area contributed by atoms with Crippen molar-refractivity contribution in [2.45, 2.75) is 65.8 Å². The number of likely N-dealkylation sites (tertiary alicyclic amines) is 1. The van der Waals surface area contributed by atoms with Crippen LogP contribution in [0.4, 0.5) is 0 Å². The average Bonchev–Trinajstić information content (AvgIpc) is 3.10. The van der Waals surface area contributed by atoms with Crippen molar-refractivity contribution in [1.29, 1.82) is 0 Å². The standard InChI is InChI=1S/C20H33N5O2/c1-5-23(6-2)19(27)16-14-25(22-21-16)17-7-8-20(17)9-11-24(12-10-20)18(26)13-15(3)4/h14-15,17H,5-13H2,1-4H3. The lowest BCUT2D eigenvalue weighted by molar-refractivity contribution is -0.137. The van der Waals surface area contributed by atoms with E-state index in [1.165, 1.54) is 6.42 Å². The molecular weight excluding hydrogens is 342 g/mol. The van der Waals surface area contributed by atoms with Gasteiger partial charge in [0.1, 0.15) is 0 Å². The van der Waals surface area contributed by atoms with E-state index in [2.05, 4.69) is 24.2 Å². The van der Waals surface area contributed by atoms with Crippen LogP contribution in [-0.4, -0.2) is 62.8 Å². The molecule has 1 spiro atoms. The smallest absolute Gasteiger partial charge is 0.276 e. The Morgan fingerprint density at radius 3 is 2.41 bits per heavy atom. The van der Waals surface area contributed by atoms with E-state index in [0.717, 1.165) is 32.4 Å². The fourth-order valence-corrected chi connectivity index (χ4v) is 4.56. The van der Waals surface area contributed by atoms with E-state index in [9.17, 15) is 9.59 Å². The molecule has 1 unspecified atom stereocenters. The number of piperidine rings is 1. The summed E-state index contributed by atoms with van der Waals surface area (Å²) < 4.78 is 1.91. The second-order valence-electron chi connectivity index (χ2n) is 8.46. The Morgan fingerprint density at radius 2 is 1.89 bits per heavy atom. The number of nitrogens with zero attached hydrogens (tertiary/aromatic N) is 5. The Bertz CT molecular complexity index is 672. The molecule has 1 aromatic heterocycles. The van der Waals surface area contributed by atoms with Crippen LogP contribution in [0.5, 0.6) is 0 Å². The number of carbonyl (C=O) groups is 2. The molecule has 27 heavy (non-hydrogen) atoms. The summed E-state index contributed by atoms with van der Waals surface area (Å²) in [6.07, 6.45) is 6.73. The van der Waals surface area contributed by atoms with E-state index in [-0.39, 0.29) is 17.2 Å². The summed E-state index contributed by atoms with van der Waals surface area (Å²) in [6, 6.07) is 0.297. The van der Waals surface area contributed by atoms with E-state index in [1.807, 2.05) is 29.6 Å². The highest BCUT2D eigenvalue weighted by atomic mass is 16.2. The molecule has 0 N–H and O–H groups in total. The molecule has 1 aliphatic carbocycles. The normalized spacial score (nSPS) is 21.4.